The third-order valence-corrected chi connectivity index (χ3v) is 3.57. The third-order valence-electron chi connectivity index (χ3n) is 3.57. The van der Waals surface area contributed by atoms with Crippen molar-refractivity contribution in [1.82, 2.24) is 0 Å². The summed E-state index contributed by atoms with van der Waals surface area (Å²) >= 11 is 0. The zero-order valence-corrected chi connectivity index (χ0v) is 12.8. The van der Waals surface area contributed by atoms with E-state index in [2.05, 4.69) is 6.58 Å². The van der Waals surface area contributed by atoms with E-state index in [1.165, 1.54) is 12.1 Å². The van der Waals surface area contributed by atoms with Gasteiger partial charge in [-0.05, 0) is 29.7 Å². The van der Waals surface area contributed by atoms with Crippen molar-refractivity contribution in [1.29, 1.82) is 0 Å². The largest absolute Gasteiger partial charge is 0.396 e. The van der Waals surface area contributed by atoms with E-state index >= 15 is 0 Å². The molecule has 23 heavy (non-hydrogen) atoms. The van der Waals surface area contributed by atoms with Crippen molar-refractivity contribution in [3.8, 4) is 0 Å². The van der Waals surface area contributed by atoms with Gasteiger partial charge in [0.2, 0.25) is 0 Å². The molecule has 0 bridgehead atoms. The minimum atomic E-state index is -0.642. The second-order valence-electron chi connectivity index (χ2n) is 5.48. The standard InChI is InChI=1S/C19H20F2O2/c1-14(18-8-7-17(20)10-19(18)21)9-16(11-22)13-23-12-15-5-3-2-4-6-15/h2-8,10,16,22H,1,9,11-13H2/t16-/m0/s1. The SMILES string of the molecule is C=C(C[C@@H](CO)COCc1ccccc1)c1ccc(F)cc1F. The highest BCUT2D eigenvalue weighted by atomic mass is 19.1. The van der Waals surface area contributed by atoms with Crippen molar-refractivity contribution in [2.45, 2.75) is 13.0 Å². The number of allylic oxidation sites excluding steroid dienone is 1. The molecule has 0 unspecified atom stereocenters. The van der Waals surface area contributed by atoms with Gasteiger partial charge in [0, 0.05) is 24.2 Å². The molecule has 0 aliphatic heterocycles. The fourth-order valence-electron chi connectivity index (χ4n) is 2.33. The first-order valence-corrected chi connectivity index (χ1v) is 7.46. The molecule has 2 aromatic rings. The predicted molar refractivity (Wildman–Crippen MR) is 86.7 cm³/mol. The summed E-state index contributed by atoms with van der Waals surface area (Å²) in [5.41, 5.74) is 1.84. The van der Waals surface area contributed by atoms with Gasteiger partial charge < -0.3 is 9.84 Å². The first-order chi connectivity index (χ1) is 11.1. The molecule has 0 saturated carbocycles. The van der Waals surface area contributed by atoms with Crippen LogP contribution in [0.1, 0.15) is 17.5 Å². The molecule has 0 aromatic heterocycles. The summed E-state index contributed by atoms with van der Waals surface area (Å²) in [7, 11) is 0. The summed E-state index contributed by atoms with van der Waals surface area (Å²) in [4.78, 5) is 0. The smallest absolute Gasteiger partial charge is 0.133 e. The van der Waals surface area contributed by atoms with Crippen LogP contribution in [-0.4, -0.2) is 18.3 Å². The molecule has 0 heterocycles. The van der Waals surface area contributed by atoms with Gasteiger partial charge in [0.15, 0.2) is 0 Å². The lowest BCUT2D eigenvalue weighted by molar-refractivity contribution is 0.0647. The molecule has 0 saturated heterocycles. The van der Waals surface area contributed by atoms with E-state index in [9.17, 15) is 13.9 Å². The normalized spacial score (nSPS) is 12.1. The van der Waals surface area contributed by atoms with Gasteiger partial charge in [0.25, 0.3) is 0 Å². The number of hydrogen-bond acceptors (Lipinski definition) is 2. The van der Waals surface area contributed by atoms with Gasteiger partial charge in [-0.1, -0.05) is 36.9 Å². The number of halogens is 2. The number of aliphatic hydroxyl groups is 1. The Labute approximate surface area is 135 Å². The van der Waals surface area contributed by atoms with Crippen LogP contribution < -0.4 is 0 Å². The van der Waals surface area contributed by atoms with E-state index in [0.717, 1.165) is 11.6 Å². The van der Waals surface area contributed by atoms with Gasteiger partial charge in [-0.25, -0.2) is 8.78 Å². The van der Waals surface area contributed by atoms with Gasteiger partial charge in [-0.3, -0.25) is 0 Å². The Morgan fingerprint density at radius 1 is 1.13 bits per heavy atom. The Hall–Kier alpha value is -2.04. The van der Waals surface area contributed by atoms with Crippen LogP contribution in [0, 0.1) is 17.6 Å². The van der Waals surface area contributed by atoms with Crippen molar-refractivity contribution in [2.75, 3.05) is 13.2 Å². The fourth-order valence-corrected chi connectivity index (χ4v) is 2.33. The fraction of sp³-hybridized carbons (Fsp3) is 0.263. The van der Waals surface area contributed by atoms with Crippen LogP contribution >= 0.6 is 0 Å². The van der Waals surface area contributed by atoms with Crippen LogP contribution in [0.15, 0.2) is 55.1 Å². The summed E-state index contributed by atoms with van der Waals surface area (Å²) in [6.07, 6.45) is 0.383. The maximum atomic E-state index is 13.7. The Morgan fingerprint density at radius 3 is 2.52 bits per heavy atom. The van der Waals surface area contributed by atoms with E-state index in [0.29, 0.717) is 25.2 Å². The molecule has 0 spiro atoms. The van der Waals surface area contributed by atoms with Gasteiger partial charge in [-0.2, -0.15) is 0 Å². The van der Waals surface area contributed by atoms with Crippen LogP contribution in [0.3, 0.4) is 0 Å². The molecular formula is C19H20F2O2. The lowest BCUT2D eigenvalue weighted by Crippen LogP contribution is -2.14. The summed E-state index contributed by atoms with van der Waals surface area (Å²) in [6.45, 7) is 4.55. The molecule has 2 rings (SSSR count). The average Bonchev–Trinajstić information content (AvgIpc) is 2.54. The van der Waals surface area contributed by atoms with E-state index < -0.39 is 11.6 Å². The highest BCUT2D eigenvalue weighted by Gasteiger charge is 2.14. The molecule has 4 heteroatoms. The molecule has 122 valence electrons. The van der Waals surface area contributed by atoms with Gasteiger partial charge in [0.1, 0.15) is 11.6 Å². The number of hydrogen-bond donors (Lipinski definition) is 1. The molecule has 2 nitrogen and oxygen atoms in total. The average molecular weight is 318 g/mol. The van der Waals surface area contributed by atoms with E-state index in [1.807, 2.05) is 30.3 Å². The molecule has 0 aliphatic rings. The quantitative estimate of drug-likeness (QED) is 0.791. The number of rotatable bonds is 8. The lowest BCUT2D eigenvalue weighted by Gasteiger charge is -2.16. The van der Waals surface area contributed by atoms with Crippen LogP contribution in [0.4, 0.5) is 8.78 Å². The molecule has 0 radical (unpaired) electrons. The maximum absolute atomic E-state index is 13.7. The van der Waals surface area contributed by atoms with Gasteiger partial charge in [0.05, 0.1) is 13.2 Å². The molecule has 2 aromatic carbocycles. The Morgan fingerprint density at radius 2 is 1.87 bits per heavy atom. The van der Waals surface area contributed by atoms with Crippen LogP contribution in [0.25, 0.3) is 5.57 Å². The molecule has 0 fully saturated rings. The molecule has 1 N–H and O–H groups in total. The Kier molecular flexibility index (Phi) is 6.44. The monoisotopic (exact) mass is 318 g/mol. The molecule has 0 aliphatic carbocycles. The summed E-state index contributed by atoms with van der Waals surface area (Å²) in [6, 6.07) is 13.1. The number of benzene rings is 2. The van der Waals surface area contributed by atoms with Crippen molar-refractivity contribution in [3.63, 3.8) is 0 Å². The van der Waals surface area contributed by atoms with Crippen LogP contribution in [0.2, 0.25) is 0 Å². The van der Waals surface area contributed by atoms with Crippen LogP contribution in [-0.2, 0) is 11.3 Å². The lowest BCUT2D eigenvalue weighted by atomic mass is 9.96. The number of aliphatic hydroxyl groups excluding tert-OH is 1. The van der Waals surface area contributed by atoms with E-state index in [-0.39, 0.29) is 18.1 Å². The summed E-state index contributed by atoms with van der Waals surface area (Å²) in [5.74, 6) is -1.45. The third kappa shape index (κ3) is 5.27. The zero-order valence-electron chi connectivity index (χ0n) is 12.8. The van der Waals surface area contributed by atoms with Crippen molar-refractivity contribution >= 4 is 5.57 Å². The predicted octanol–water partition coefficient (Wildman–Crippen LogP) is 4.19. The molecule has 1 atom stereocenters. The first-order valence-electron chi connectivity index (χ1n) is 7.46. The van der Waals surface area contributed by atoms with Gasteiger partial charge >= 0.3 is 0 Å². The maximum Gasteiger partial charge on any atom is 0.133 e. The van der Waals surface area contributed by atoms with Crippen molar-refractivity contribution < 1.29 is 18.6 Å². The van der Waals surface area contributed by atoms with Crippen molar-refractivity contribution in [2.24, 2.45) is 5.92 Å². The molecular weight excluding hydrogens is 298 g/mol. The zero-order chi connectivity index (χ0) is 16.7. The first kappa shape index (κ1) is 17.3. The van der Waals surface area contributed by atoms with E-state index in [4.69, 9.17) is 4.74 Å². The van der Waals surface area contributed by atoms with Gasteiger partial charge in [-0.15, -0.1) is 0 Å². The molecule has 0 amide bonds. The second kappa shape index (κ2) is 8.56. The number of ether oxygens (including phenoxy) is 1. The Balaban J connectivity index is 1.87. The van der Waals surface area contributed by atoms with Crippen molar-refractivity contribution in [3.05, 3.63) is 77.9 Å². The Bertz CT molecular complexity index is 641. The topological polar surface area (TPSA) is 29.5 Å². The highest BCUT2D eigenvalue weighted by molar-refractivity contribution is 5.63. The summed E-state index contributed by atoms with van der Waals surface area (Å²) in [5, 5.41) is 9.46. The minimum absolute atomic E-state index is 0.0867. The second-order valence-corrected chi connectivity index (χ2v) is 5.48. The minimum Gasteiger partial charge on any atom is -0.396 e. The van der Waals surface area contributed by atoms with E-state index in [1.54, 1.807) is 0 Å². The highest BCUT2D eigenvalue weighted by Crippen LogP contribution is 2.24. The summed E-state index contributed by atoms with van der Waals surface area (Å²) < 4.78 is 32.3. The van der Waals surface area contributed by atoms with Crippen LogP contribution in [0.5, 0.6) is 0 Å².